The lowest BCUT2D eigenvalue weighted by molar-refractivity contribution is 0.370. The van der Waals surface area contributed by atoms with Crippen LogP contribution in [0.1, 0.15) is 31.2 Å². The van der Waals surface area contributed by atoms with Gasteiger partial charge >= 0.3 is 0 Å². The number of rotatable bonds is 6. The molecule has 19 heavy (non-hydrogen) atoms. The van der Waals surface area contributed by atoms with Crippen LogP contribution in [0.2, 0.25) is 0 Å². The Balaban J connectivity index is 2.16. The van der Waals surface area contributed by atoms with Gasteiger partial charge in [-0.15, -0.1) is 11.3 Å². The first-order valence-electron chi connectivity index (χ1n) is 6.70. The van der Waals surface area contributed by atoms with E-state index in [4.69, 9.17) is 0 Å². The van der Waals surface area contributed by atoms with Crippen LogP contribution in [0.3, 0.4) is 0 Å². The Morgan fingerprint density at radius 2 is 2.37 bits per heavy atom. The molecule has 0 aliphatic carbocycles. The van der Waals surface area contributed by atoms with Crippen molar-refractivity contribution in [2.45, 2.75) is 43.4 Å². The van der Waals surface area contributed by atoms with Crippen LogP contribution in [0.4, 0.5) is 0 Å². The summed E-state index contributed by atoms with van der Waals surface area (Å²) in [6.45, 7) is 5.95. The van der Waals surface area contributed by atoms with Crippen LogP contribution in [0, 0.1) is 6.92 Å². The second-order valence-corrected chi connectivity index (χ2v) is 8.25. The fraction of sp³-hybridized carbons (Fsp3) is 0.750. The zero-order valence-corrected chi connectivity index (χ0v) is 13.1. The predicted octanol–water partition coefficient (Wildman–Crippen LogP) is 1.60. The minimum Gasteiger partial charge on any atom is -0.313 e. The topological polar surface area (TPSA) is 62.3 Å². The van der Waals surface area contributed by atoms with Gasteiger partial charge in [0.05, 0.1) is 11.2 Å². The molecule has 1 aliphatic rings. The number of aromatic nitrogens is 1. The highest BCUT2D eigenvalue weighted by atomic mass is 32.2. The molecule has 2 rings (SSSR count). The Labute approximate surface area is 119 Å². The summed E-state index contributed by atoms with van der Waals surface area (Å²) in [6.07, 6.45) is 4.48. The molecule has 0 saturated carbocycles. The number of aryl methyl sites for hydroxylation is 1. The van der Waals surface area contributed by atoms with Crippen LogP contribution in [0.15, 0.2) is 10.4 Å². The fourth-order valence-corrected chi connectivity index (χ4v) is 5.15. The zero-order valence-electron chi connectivity index (χ0n) is 11.4. The zero-order chi connectivity index (χ0) is 13.9. The summed E-state index contributed by atoms with van der Waals surface area (Å²) in [5.41, 5.74) is 0. The van der Waals surface area contributed by atoms with Gasteiger partial charge in [0.15, 0.2) is 4.21 Å². The molecule has 0 spiro atoms. The van der Waals surface area contributed by atoms with Gasteiger partial charge in [0.25, 0.3) is 10.0 Å². The molecule has 1 atom stereocenters. The van der Waals surface area contributed by atoms with Crippen molar-refractivity contribution in [3.8, 4) is 0 Å². The quantitative estimate of drug-likeness (QED) is 0.867. The van der Waals surface area contributed by atoms with Gasteiger partial charge in [-0.25, -0.2) is 13.4 Å². The molecule has 1 fully saturated rings. The van der Waals surface area contributed by atoms with Crippen LogP contribution >= 0.6 is 11.3 Å². The van der Waals surface area contributed by atoms with E-state index in [0.717, 1.165) is 30.8 Å². The van der Waals surface area contributed by atoms with E-state index >= 15 is 0 Å². The molecule has 2 heterocycles. The number of hydrogen-bond acceptors (Lipinski definition) is 5. The Hall–Kier alpha value is -0.500. The normalized spacial score (nSPS) is 20.3. The van der Waals surface area contributed by atoms with E-state index in [0.29, 0.717) is 17.3 Å². The fourth-order valence-electron chi connectivity index (χ4n) is 2.31. The van der Waals surface area contributed by atoms with Crippen LogP contribution in [-0.2, 0) is 10.0 Å². The lowest BCUT2D eigenvalue weighted by Gasteiger charge is -2.23. The molecule has 0 amide bonds. The number of nitrogens with one attached hydrogen (secondary N) is 1. The van der Waals surface area contributed by atoms with Crippen molar-refractivity contribution in [3.05, 3.63) is 11.2 Å². The highest BCUT2D eigenvalue weighted by molar-refractivity contribution is 7.91. The Kier molecular flexibility index (Phi) is 4.94. The van der Waals surface area contributed by atoms with E-state index in [-0.39, 0.29) is 6.04 Å². The highest BCUT2D eigenvalue weighted by Gasteiger charge is 2.29. The minimum absolute atomic E-state index is 0.287. The molecular formula is C12H21N3O2S2. The lowest BCUT2D eigenvalue weighted by Crippen LogP contribution is -2.41. The standard InChI is InChI=1S/C12H21N3O2S2/c1-3-7-15(9-11-5-4-6-13-11)19(16,17)12-8-14-10(2)18-12/h8,11,13H,3-7,9H2,1-2H3. The maximum absolute atomic E-state index is 12.6. The van der Waals surface area contributed by atoms with Crippen LogP contribution in [-0.4, -0.2) is 43.4 Å². The summed E-state index contributed by atoms with van der Waals surface area (Å²) in [6, 6.07) is 0.287. The summed E-state index contributed by atoms with van der Waals surface area (Å²) in [4.78, 5) is 4.05. The van der Waals surface area contributed by atoms with E-state index in [1.165, 1.54) is 17.5 Å². The van der Waals surface area contributed by atoms with Gasteiger partial charge in [-0.05, 0) is 32.7 Å². The predicted molar refractivity (Wildman–Crippen MR) is 76.9 cm³/mol. The Bertz CT molecular complexity index is 507. The summed E-state index contributed by atoms with van der Waals surface area (Å²) >= 11 is 1.25. The van der Waals surface area contributed by atoms with Crippen molar-refractivity contribution >= 4 is 21.4 Å². The van der Waals surface area contributed by atoms with Gasteiger partial charge in [-0.2, -0.15) is 4.31 Å². The lowest BCUT2D eigenvalue weighted by atomic mass is 10.2. The molecular weight excluding hydrogens is 282 g/mol. The average molecular weight is 303 g/mol. The molecule has 5 nitrogen and oxygen atoms in total. The van der Waals surface area contributed by atoms with Crippen LogP contribution in [0.5, 0.6) is 0 Å². The third-order valence-electron chi connectivity index (χ3n) is 3.25. The molecule has 1 unspecified atom stereocenters. The molecule has 0 aromatic carbocycles. The number of hydrogen-bond donors (Lipinski definition) is 1. The first kappa shape index (κ1) is 14.9. The van der Waals surface area contributed by atoms with Crippen LogP contribution in [0.25, 0.3) is 0 Å². The van der Waals surface area contributed by atoms with Gasteiger partial charge in [0.1, 0.15) is 0 Å². The van der Waals surface area contributed by atoms with Crippen molar-refractivity contribution < 1.29 is 8.42 Å². The van der Waals surface area contributed by atoms with Gasteiger partial charge in [0.2, 0.25) is 0 Å². The van der Waals surface area contributed by atoms with Gasteiger partial charge in [0, 0.05) is 19.1 Å². The number of sulfonamides is 1. The van der Waals surface area contributed by atoms with Crippen molar-refractivity contribution in [1.82, 2.24) is 14.6 Å². The maximum atomic E-state index is 12.6. The molecule has 7 heteroatoms. The summed E-state index contributed by atoms with van der Waals surface area (Å²) < 4.78 is 27.1. The Morgan fingerprint density at radius 3 is 2.89 bits per heavy atom. The number of nitrogens with zero attached hydrogens (tertiary/aromatic N) is 2. The summed E-state index contributed by atoms with van der Waals surface area (Å²) in [5, 5.41) is 4.14. The highest BCUT2D eigenvalue weighted by Crippen LogP contribution is 2.23. The van der Waals surface area contributed by atoms with Crippen molar-refractivity contribution in [2.24, 2.45) is 0 Å². The smallest absolute Gasteiger partial charge is 0.254 e. The molecule has 0 radical (unpaired) electrons. The molecule has 108 valence electrons. The van der Waals surface area contributed by atoms with Gasteiger partial charge < -0.3 is 5.32 Å². The van der Waals surface area contributed by atoms with Crippen molar-refractivity contribution in [2.75, 3.05) is 19.6 Å². The molecule has 1 saturated heterocycles. The van der Waals surface area contributed by atoms with E-state index in [9.17, 15) is 8.42 Å². The monoisotopic (exact) mass is 303 g/mol. The summed E-state index contributed by atoms with van der Waals surface area (Å²) in [7, 11) is -3.38. The van der Waals surface area contributed by atoms with Gasteiger partial charge in [-0.1, -0.05) is 6.92 Å². The van der Waals surface area contributed by atoms with E-state index in [1.807, 2.05) is 13.8 Å². The molecule has 1 aromatic heterocycles. The largest absolute Gasteiger partial charge is 0.313 e. The Morgan fingerprint density at radius 1 is 1.58 bits per heavy atom. The second kappa shape index (κ2) is 6.30. The molecule has 1 aromatic rings. The molecule has 1 aliphatic heterocycles. The first-order valence-corrected chi connectivity index (χ1v) is 8.95. The summed E-state index contributed by atoms with van der Waals surface area (Å²) in [5.74, 6) is 0. The molecule has 1 N–H and O–H groups in total. The SMILES string of the molecule is CCCN(CC1CCCN1)S(=O)(=O)c1cnc(C)s1. The maximum Gasteiger partial charge on any atom is 0.254 e. The third kappa shape index (κ3) is 3.53. The van der Waals surface area contributed by atoms with Crippen molar-refractivity contribution in [3.63, 3.8) is 0 Å². The van der Waals surface area contributed by atoms with Gasteiger partial charge in [-0.3, -0.25) is 0 Å². The van der Waals surface area contributed by atoms with Crippen LogP contribution < -0.4 is 5.32 Å². The average Bonchev–Trinajstić information content (AvgIpc) is 3.00. The van der Waals surface area contributed by atoms with E-state index in [2.05, 4.69) is 10.3 Å². The first-order chi connectivity index (χ1) is 9.04. The second-order valence-electron chi connectivity index (χ2n) is 4.85. The van der Waals surface area contributed by atoms with Crippen molar-refractivity contribution in [1.29, 1.82) is 0 Å². The van der Waals surface area contributed by atoms with E-state index in [1.54, 1.807) is 4.31 Å². The minimum atomic E-state index is -3.38. The number of thiazole rings is 1. The molecule has 0 bridgehead atoms. The third-order valence-corrected chi connectivity index (χ3v) is 6.47. The van der Waals surface area contributed by atoms with E-state index < -0.39 is 10.0 Å².